The minimum Gasteiger partial charge on any atom is -0.465 e. The van der Waals surface area contributed by atoms with E-state index in [1.54, 1.807) is 0 Å². The van der Waals surface area contributed by atoms with Crippen LogP contribution >= 0.6 is 0 Å². The zero-order valence-corrected chi connectivity index (χ0v) is 8.59. The van der Waals surface area contributed by atoms with Crippen molar-refractivity contribution in [1.82, 2.24) is 0 Å². The number of rotatable bonds is 5. The van der Waals surface area contributed by atoms with Crippen molar-refractivity contribution in [1.29, 1.82) is 0 Å². The van der Waals surface area contributed by atoms with Crippen LogP contribution in [-0.2, 0) is 9.53 Å². The highest BCUT2D eigenvalue weighted by Gasteiger charge is 2.18. The fraction of sp³-hybridized carbons (Fsp3) is 0.900. The van der Waals surface area contributed by atoms with Crippen LogP contribution in [0.15, 0.2) is 0 Å². The smallest absolute Gasteiger partial charge is 0.293 e. The quantitative estimate of drug-likeness (QED) is 0.596. The zero-order valence-electron chi connectivity index (χ0n) is 8.59. The maximum Gasteiger partial charge on any atom is 0.293 e. The van der Waals surface area contributed by atoms with Gasteiger partial charge in [-0.25, -0.2) is 0 Å². The van der Waals surface area contributed by atoms with Gasteiger partial charge in [0.2, 0.25) is 0 Å². The van der Waals surface area contributed by atoms with Crippen molar-refractivity contribution in [3.63, 3.8) is 0 Å². The SMILES string of the molecule is CCCC(CC(C)(C)C)OC=O. The van der Waals surface area contributed by atoms with Crippen LogP contribution in [0, 0.1) is 5.41 Å². The van der Waals surface area contributed by atoms with Crippen LogP contribution in [0.1, 0.15) is 47.0 Å². The lowest BCUT2D eigenvalue weighted by molar-refractivity contribution is -0.135. The molecule has 0 heterocycles. The van der Waals surface area contributed by atoms with Gasteiger partial charge in [-0.3, -0.25) is 4.79 Å². The second-order valence-electron chi connectivity index (χ2n) is 4.41. The fourth-order valence-corrected chi connectivity index (χ4v) is 1.30. The second-order valence-corrected chi connectivity index (χ2v) is 4.41. The van der Waals surface area contributed by atoms with Crippen LogP contribution in [0.5, 0.6) is 0 Å². The van der Waals surface area contributed by atoms with Crippen LogP contribution in [0.2, 0.25) is 0 Å². The van der Waals surface area contributed by atoms with Gasteiger partial charge in [0.25, 0.3) is 6.47 Å². The number of ether oxygens (including phenoxy) is 1. The summed E-state index contributed by atoms with van der Waals surface area (Å²) in [5, 5.41) is 0. The van der Waals surface area contributed by atoms with E-state index in [4.69, 9.17) is 4.74 Å². The average molecular weight is 172 g/mol. The van der Waals surface area contributed by atoms with Gasteiger partial charge in [-0.05, 0) is 18.3 Å². The molecule has 0 aromatic heterocycles. The molecule has 0 amide bonds. The van der Waals surface area contributed by atoms with E-state index in [9.17, 15) is 4.79 Å². The molecule has 0 aliphatic carbocycles. The predicted molar refractivity (Wildman–Crippen MR) is 49.9 cm³/mol. The van der Waals surface area contributed by atoms with Gasteiger partial charge in [0.1, 0.15) is 6.10 Å². The maximum absolute atomic E-state index is 10.2. The van der Waals surface area contributed by atoms with E-state index in [2.05, 4.69) is 27.7 Å². The molecule has 72 valence electrons. The maximum atomic E-state index is 10.2. The lowest BCUT2D eigenvalue weighted by Gasteiger charge is -2.24. The van der Waals surface area contributed by atoms with Crippen molar-refractivity contribution in [2.45, 2.75) is 53.1 Å². The van der Waals surface area contributed by atoms with E-state index in [1.807, 2.05) is 0 Å². The minimum absolute atomic E-state index is 0.104. The molecule has 0 bridgehead atoms. The molecule has 0 saturated heterocycles. The van der Waals surface area contributed by atoms with Gasteiger partial charge in [-0.15, -0.1) is 0 Å². The molecule has 0 fully saturated rings. The van der Waals surface area contributed by atoms with Crippen LogP contribution in [0.3, 0.4) is 0 Å². The van der Waals surface area contributed by atoms with Crippen molar-refractivity contribution in [3.8, 4) is 0 Å². The van der Waals surface area contributed by atoms with E-state index >= 15 is 0 Å². The van der Waals surface area contributed by atoms with Crippen LogP contribution in [0.4, 0.5) is 0 Å². The monoisotopic (exact) mass is 172 g/mol. The van der Waals surface area contributed by atoms with Gasteiger partial charge in [-0.1, -0.05) is 34.1 Å². The summed E-state index contributed by atoms with van der Waals surface area (Å²) in [6.45, 7) is 9.13. The second kappa shape index (κ2) is 5.18. The highest BCUT2D eigenvalue weighted by molar-refractivity contribution is 5.37. The summed E-state index contributed by atoms with van der Waals surface area (Å²) < 4.78 is 4.98. The molecule has 0 rings (SSSR count). The van der Waals surface area contributed by atoms with Crippen molar-refractivity contribution >= 4 is 6.47 Å². The highest BCUT2D eigenvalue weighted by atomic mass is 16.5. The third kappa shape index (κ3) is 6.20. The average Bonchev–Trinajstić information content (AvgIpc) is 1.84. The Balaban J connectivity index is 3.85. The van der Waals surface area contributed by atoms with Crippen molar-refractivity contribution in [2.75, 3.05) is 0 Å². The van der Waals surface area contributed by atoms with Gasteiger partial charge < -0.3 is 4.74 Å². The summed E-state index contributed by atoms with van der Waals surface area (Å²) >= 11 is 0. The summed E-state index contributed by atoms with van der Waals surface area (Å²) in [6, 6.07) is 0. The van der Waals surface area contributed by atoms with E-state index in [0.29, 0.717) is 6.47 Å². The standard InChI is InChI=1S/C10H20O2/c1-5-6-9(12-8-11)7-10(2,3)4/h8-9H,5-7H2,1-4H3. The van der Waals surface area contributed by atoms with Crippen LogP contribution < -0.4 is 0 Å². The first kappa shape index (κ1) is 11.5. The van der Waals surface area contributed by atoms with Crippen molar-refractivity contribution < 1.29 is 9.53 Å². The summed E-state index contributed by atoms with van der Waals surface area (Å²) in [4.78, 5) is 10.2. The van der Waals surface area contributed by atoms with Gasteiger partial charge in [0.15, 0.2) is 0 Å². The summed E-state index contributed by atoms with van der Waals surface area (Å²) in [7, 11) is 0. The molecule has 2 nitrogen and oxygen atoms in total. The Kier molecular flexibility index (Phi) is 4.95. The molecule has 0 aromatic carbocycles. The third-order valence-electron chi connectivity index (χ3n) is 1.70. The van der Waals surface area contributed by atoms with E-state index in [0.717, 1.165) is 19.3 Å². The molecule has 1 unspecified atom stereocenters. The minimum atomic E-state index is 0.104. The van der Waals surface area contributed by atoms with E-state index in [1.165, 1.54) is 0 Å². The Morgan fingerprint density at radius 1 is 1.42 bits per heavy atom. The molecule has 0 saturated carbocycles. The Morgan fingerprint density at radius 2 is 2.00 bits per heavy atom. The Bertz CT molecular complexity index is 124. The highest BCUT2D eigenvalue weighted by Crippen LogP contribution is 2.24. The zero-order chi connectivity index (χ0) is 9.61. The molecule has 0 aromatic rings. The number of carbonyl (C=O) groups excluding carboxylic acids is 1. The normalized spacial score (nSPS) is 14.0. The third-order valence-corrected chi connectivity index (χ3v) is 1.70. The first-order valence-electron chi connectivity index (χ1n) is 4.58. The first-order chi connectivity index (χ1) is 5.49. The Labute approximate surface area is 75.3 Å². The molecule has 1 atom stereocenters. The van der Waals surface area contributed by atoms with Crippen LogP contribution in [-0.4, -0.2) is 12.6 Å². The molecule has 2 heteroatoms. The van der Waals surface area contributed by atoms with Crippen molar-refractivity contribution in [3.05, 3.63) is 0 Å². The van der Waals surface area contributed by atoms with Gasteiger partial charge >= 0.3 is 0 Å². The summed E-state index contributed by atoms with van der Waals surface area (Å²) in [5.74, 6) is 0. The summed E-state index contributed by atoms with van der Waals surface area (Å²) in [6.07, 6.45) is 3.08. The molecule has 12 heavy (non-hydrogen) atoms. The van der Waals surface area contributed by atoms with E-state index < -0.39 is 0 Å². The number of carbonyl (C=O) groups is 1. The Hall–Kier alpha value is -0.530. The molecular weight excluding hydrogens is 152 g/mol. The van der Waals surface area contributed by atoms with Gasteiger partial charge in [-0.2, -0.15) is 0 Å². The molecule has 0 N–H and O–H groups in total. The van der Waals surface area contributed by atoms with Crippen LogP contribution in [0.25, 0.3) is 0 Å². The molecule has 0 radical (unpaired) electrons. The largest absolute Gasteiger partial charge is 0.465 e. The topological polar surface area (TPSA) is 26.3 Å². The Morgan fingerprint density at radius 3 is 2.33 bits per heavy atom. The molecular formula is C10H20O2. The van der Waals surface area contributed by atoms with Crippen molar-refractivity contribution in [2.24, 2.45) is 5.41 Å². The molecule has 0 aliphatic rings. The lowest BCUT2D eigenvalue weighted by Crippen LogP contribution is -2.20. The number of hydrogen-bond acceptors (Lipinski definition) is 2. The number of hydrogen-bond donors (Lipinski definition) is 0. The van der Waals surface area contributed by atoms with Gasteiger partial charge in [0.05, 0.1) is 0 Å². The predicted octanol–water partition coefficient (Wildman–Crippen LogP) is 2.76. The fourth-order valence-electron chi connectivity index (χ4n) is 1.30. The molecule has 0 spiro atoms. The lowest BCUT2D eigenvalue weighted by atomic mass is 9.88. The summed E-state index contributed by atoms with van der Waals surface area (Å²) in [5.41, 5.74) is 0.239. The first-order valence-corrected chi connectivity index (χ1v) is 4.58. The van der Waals surface area contributed by atoms with E-state index in [-0.39, 0.29) is 11.5 Å². The van der Waals surface area contributed by atoms with Gasteiger partial charge in [0, 0.05) is 0 Å². The molecule has 0 aliphatic heterocycles.